The first-order valence-corrected chi connectivity index (χ1v) is 7.26. The van der Waals surface area contributed by atoms with Crippen LogP contribution in [0.25, 0.3) is 0 Å². The molecule has 0 fully saturated rings. The summed E-state index contributed by atoms with van der Waals surface area (Å²) >= 11 is 5.73. The number of carbonyl (C=O) groups is 2. The quantitative estimate of drug-likeness (QED) is 0.483. The van der Waals surface area contributed by atoms with Crippen LogP contribution < -0.4 is 0 Å². The van der Waals surface area contributed by atoms with E-state index in [9.17, 15) is 14.7 Å². The van der Waals surface area contributed by atoms with Gasteiger partial charge in [-0.1, -0.05) is 11.6 Å². The Morgan fingerprint density at radius 1 is 1.25 bits per heavy atom. The standard InChI is InChI=1S/C16H15ClN2O5/c1-16(22,23-2)14-4-3-10(7-19-14)13(20)9-24-15(21)11-5-12(17)8-18-6-11/h3-8,22H,9H2,1-2H3. The molecule has 0 amide bonds. The zero-order chi connectivity index (χ0) is 17.7. The lowest BCUT2D eigenvalue weighted by atomic mass is 10.1. The van der Waals surface area contributed by atoms with Gasteiger partial charge >= 0.3 is 5.97 Å². The smallest absolute Gasteiger partial charge is 0.340 e. The molecule has 0 saturated carbocycles. The van der Waals surface area contributed by atoms with Gasteiger partial charge in [-0.3, -0.25) is 14.8 Å². The first-order valence-electron chi connectivity index (χ1n) is 6.88. The fourth-order valence-electron chi connectivity index (χ4n) is 1.76. The summed E-state index contributed by atoms with van der Waals surface area (Å²) < 4.78 is 9.81. The summed E-state index contributed by atoms with van der Waals surface area (Å²) in [7, 11) is 1.34. The van der Waals surface area contributed by atoms with Gasteiger partial charge in [0, 0.05) is 31.3 Å². The number of halogens is 1. The molecule has 0 aliphatic heterocycles. The summed E-state index contributed by atoms with van der Waals surface area (Å²) in [6, 6.07) is 4.32. The van der Waals surface area contributed by atoms with Gasteiger partial charge in [0.1, 0.15) is 0 Å². The van der Waals surface area contributed by atoms with Gasteiger partial charge in [0.15, 0.2) is 6.61 Å². The third-order valence-electron chi connectivity index (χ3n) is 3.23. The Morgan fingerprint density at radius 3 is 2.58 bits per heavy atom. The molecular weight excluding hydrogens is 336 g/mol. The molecule has 0 bridgehead atoms. The van der Waals surface area contributed by atoms with E-state index < -0.39 is 24.1 Å². The molecule has 0 aromatic carbocycles. The van der Waals surface area contributed by atoms with E-state index in [1.165, 1.54) is 50.8 Å². The number of nitrogens with zero attached hydrogens (tertiary/aromatic N) is 2. The van der Waals surface area contributed by atoms with Gasteiger partial charge in [-0.2, -0.15) is 0 Å². The molecule has 0 radical (unpaired) electrons. The van der Waals surface area contributed by atoms with Gasteiger partial charge in [0.05, 0.1) is 16.3 Å². The highest BCUT2D eigenvalue weighted by atomic mass is 35.5. The highest BCUT2D eigenvalue weighted by molar-refractivity contribution is 6.30. The molecule has 1 unspecified atom stereocenters. The average molecular weight is 351 g/mol. The number of Topliss-reactive ketones (excluding diaryl/α,β-unsaturated/α-hetero) is 1. The Morgan fingerprint density at radius 2 is 2.00 bits per heavy atom. The third kappa shape index (κ3) is 4.35. The number of hydrogen-bond acceptors (Lipinski definition) is 7. The molecule has 2 rings (SSSR count). The minimum absolute atomic E-state index is 0.153. The van der Waals surface area contributed by atoms with Crippen LogP contribution in [0.3, 0.4) is 0 Å². The number of methoxy groups -OCH3 is 1. The summed E-state index contributed by atoms with van der Waals surface area (Å²) in [5.74, 6) is -2.69. The van der Waals surface area contributed by atoms with Crippen LogP contribution in [0.1, 0.15) is 33.3 Å². The van der Waals surface area contributed by atoms with E-state index >= 15 is 0 Å². The molecule has 2 aromatic heterocycles. The molecule has 126 valence electrons. The third-order valence-corrected chi connectivity index (χ3v) is 3.44. The van der Waals surface area contributed by atoms with Gasteiger partial charge < -0.3 is 14.6 Å². The number of hydrogen-bond donors (Lipinski definition) is 1. The number of ether oxygens (including phenoxy) is 2. The SMILES string of the molecule is COC(C)(O)c1ccc(C(=O)COC(=O)c2cncc(Cl)c2)cn1. The first kappa shape index (κ1) is 18.0. The lowest BCUT2D eigenvalue weighted by Gasteiger charge is -2.20. The highest BCUT2D eigenvalue weighted by Gasteiger charge is 2.24. The second-order valence-electron chi connectivity index (χ2n) is 5.01. The summed E-state index contributed by atoms with van der Waals surface area (Å²) in [6.07, 6.45) is 3.95. The zero-order valence-electron chi connectivity index (χ0n) is 13.0. The van der Waals surface area contributed by atoms with Crippen LogP contribution in [0.5, 0.6) is 0 Å². The van der Waals surface area contributed by atoms with Crippen molar-refractivity contribution < 1.29 is 24.2 Å². The number of ketones is 1. The van der Waals surface area contributed by atoms with Crippen molar-refractivity contribution in [1.82, 2.24) is 9.97 Å². The fraction of sp³-hybridized carbons (Fsp3) is 0.250. The summed E-state index contributed by atoms with van der Waals surface area (Å²) in [4.78, 5) is 31.6. The monoisotopic (exact) mass is 350 g/mol. The van der Waals surface area contributed by atoms with Crippen LogP contribution in [0.15, 0.2) is 36.8 Å². The highest BCUT2D eigenvalue weighted by Crippen LogP contribution is 2.19. The maximum absolute atomic E-state index is 12.0. The van der Waals surface area contributed by atoms with E-state index in [4.69, 9.17) is 21.1 Å². The molecule has 1 atom stereocenters. The van der Waals surface area contributed by atoms with Crippen molar-refractivity contribution in [3.8, 4) is 0 Å². The van der Waals surface area contributed by atoms with E-state index in [2.05, 4.69) is 9.97 Å². The molecule has 8 heteroatoms. The van der Waals surface area contributed by atoms with Gasteiger partial charge in [0.2, 0.25) is 11.6 Å². The Hall–Kier alpha value is -2.35. The maximum Gasteiger partial charge on any atom is 0.340 e. The van der Waals surface area contributed by atoms with Crippen molar-refractivity contribution in [1.29, 1.82) is 0 Å². The minimum Gasteiger partial charge on any atom is -0.454 e. The molecule has 0 aliphatic rings. The first-order chi connectivity index (χ1) is 11.3. The Kier molecular flexibility index (Phi) is 5.61. The number of rotatable bonds is 6. The van der Waals surface area contributed by atoms with Crippen LogP contribution in [-0.2, 0) is 15.3 Å². The van der Waals surface area contributed by atoms with Gasteiger partial charge in [0.25, 0.3) is 0 Å². The number of aliphatic hydroxyl groups is 1. The lowest BCUT2D eigenvalue weighted by molar-refractivity contribution is -0.181. The molecule has 0 aliphatic carbocycles. The van der Waals surface area contributed by atoms with Gasteiger partial charge in [-0.15, -0.1) is 0 Å². The van der Waals surface area contributed by atoms with E-state index in [1.807, 2.05) is 0 Å². The van der Waals surface area contributed by atoms with Crippen molar-refractivity contribution >= 4 is 23.4 Å². The number of carbonyl (C=O) groups excluding carboxylic acids is 2. The van der Waals surface area contributed by atoms with Gasteiger partial charge in [-0.25, -0.2) is 4.79 Å². The largest absolute Gasteiger partial charge is 0.454 e. The summed E-state index contributed by atoms with van der Waals surface area (Å²) in [6.45, 7) is 0.977. The molecular formula is C16H15ClN2O5. The Bertz CT molecular complexity index is 746. The molecule has 24 heavy (non-hydrogen) atoms. The van der Waals surface area contributed by atoms with E-state index in [1.54, 1.807) is 0 Å². The number of esters is 1. The summed E-state index contributed by atoms with van der Waals surface area (Å²) in [5, 5.41) is 10.2. The van der Waals surface area contributed by atoms with Crippen molar-refractivity contribution in [2.24, 2.45) is 0 Å². The van der Waals surface area contributed by atoms with Crippen LogP contribution >= 0.6 is 11.6 Å². The normalized spacial score (nSPS) is 13.2. The minimum atomic E-state index is -1.55. The number of aromatic nitrogens is 2. The van der Waals surface area contributed by atoms with Crippen molar-refractivity contribution in [2.75, 3.05) is 13.7 Å². The zero-order valence-corrected chi connectivity index (χ0v) is 13.8. The Balaban J connectivity index is 1.99. The Labute approximate surface area is 143 Å². The number of pyridine rings is 2. The van der Waals surface area contributed by atoms with E-state index in [0.29, 0.717) is 5.02 Å². The summed E-state index contributed by atoms with van der Waals surface area (Å²) in [5.41, 5.74) is 0.645. The lowest BCUT2D eigenvalue weighted by Crippen LogP contribution is -2.25. The second kappa shape index (κ2) is 7.48. The van der Waals surface area contributed by atoms with Crippen molar-refractivity contribution in [2.45, 2.75) is 12.7 Å². The van der Waals surface area contributed by atoms with Crippen molar-refractivity contribution in [3.05, 3.63) is 58.6 Å². The van der Waals surface area contributed by atoms with Crippen LogP contribution in [-0.4, -0.2) is 40.5 Å². The van der Waals surface area contributed by atoms with Crippen molar-refractivity contribution in [3.63, 3.8) is 0 Å². The predicted molar refractivity (Wildman–Crippen MR) is 84.7 cm³/mol. The fourth-order valence-corrected chi connectivity index (χ4v) is 1.93. The van der Waals surface area contributed by atoms with Crippen LogP contribution in [0.4, 0.5) is 0 Å². The molecule has 7 nitrogen and oxygen atoms in total. The van der Waals surface area contributed by atoms with Gasteiger partial charge in [-0.05, 0) is 25.1 Å². The maximum atomic E-state index is 12.0. The van der Waals surface area contributed by atoms with Crippen LogP contribution in [0, 0.1) is 0 Å². The molecule has 2 heterocycles. The molecule has 2 aromatic rings. The molecule has 1 N–H and O–H groups in total. The van der Waals surface area contributed by atoms with E-state index in [-0.39, 0.29) is 16.8 Å². The molecule has 0 spiro atoms. The van der Waals surface area contributed by atoms with Crippen LogP contribution in [0.2, 0.25) is 5.02 Å². The molecule has 0 saturated heterocycles. The average Bonchev–Trinajstić information content (AvgIpc) is 2.59. The topological polar surface area (TPSA) is 98.6 Å². The second-order valence-corrected chi connectivity index (χ2v) is 5.45. The van der Waals surface area contributed by atoms with E-state index in [0.717, 1.165) is 0 Å². The predicted octanol–water partition coefficient (Wildman–Crippen LogP) is 1.98.